The van der Waals surface area contributed by atoms with Gasteiger partial charge in [-0.05, 0) is 62.4 Å². The van der Waals surface area contributed by atoms with Crippen LogP contribution < -0.4 is 10.1 Å². The Morgan fingerprint density at radius 1 is 1.22 bits per heavy atom. The first-order valence-electron chi connectivity index (χ1n) is 7.33. The summed E-state index contributed by atoms with van der Waals surface area (Å²) < 4.78 is 10.5. The van der Waals surface area contributed by atoms with E-state index >= 15 is 0 Å². The molecule has 1 heterocycles. The summed E-state index contributed by atoms with van der Waals surface area (Å²) in [7, 11) is 0. The van der Waals surface area contributed by atoms with Gasteiger partial charge in [-0.2, -0.15) is 0 Å². The van der Waals surface area contributed by atoms with Gasteiger partial charge < -0.3 is 14.5 Å². The van der Waals surface area contributed by atoms with Crippen LogP contribution in [-0.4, -0.2) is 24.3 Å². The quantitative estimate of drug-likeness (QED) is 0.630. The number of carbonyl (C=O) groups excluding carboxylic acids is 2. The van der Waals surface area contributed by atoms with Crippen LogP contribution in [0.25, 0.3) is 6.08 Å². The van der Waals surface area contributed by atoms with Gasteiger partial charge in [0.25, 0.3) is 5.91 Å². The number of nitrogens with one attached hydrogen (secondary N) is 1. The fourth-order valence-electron chi connectivity index (χ4n) is 1.87. The zero-order valence-electron chi connectivity index (χ0n) is 13.1. The summed E-state index contributed by atoms with van der Waals surface area (Å²) in [6, 6.07) is 10.2. The second-order valence-corrected chi connectivity index (χ2v) is 5.25. The summed E-state index contributed by atoms with van der Waals surface area (Å²) in [5, 5.41) is 2.74. The summed E-state index contributed by atoms with van der Waals surface area (Å²) >= 11 is 0. The van der Waals surface area contributed by atoms with E-state index in [-0.39, 0.29) is 24.3 Å². The number of hydrogen-bond acceptors (Lipinski definition) is 4. The average molecular weight is 313 g/mol. The summed E-state index contributed by atoms with van der Waals surface area (Å²) in [6.45, 7) is 3.72. The highest BCUT2D eigenvalue weighted by Gasteiger charge is 2.06. The van der Waals surface area contributed by atoms with E-state index in [2.05, 4.69) is 5.32 Å². The molecule has 5 nitrogen and oxygen atoms in total. The van der Waals surface area contributed by atoms with Gasteiger partial charge in [0, 0.05) is 11.6 Å². The second kappa shape index (κ2) is 7.98. The third-order valence-electron chi connectivity index (χ3n) is 2.90. The first kappa shape index (κ1) is 16.5. The molecule has 0 saturated carbocycles. The molecule has 0 radical (unpaired) electrons. The van der Waals surface area contributed by atoms with Gasteiger partial charge in [-0.1, -0.05) is 0 Å². The van der Waals surface area contributed by atoms with Crippen molar-refractivity contribution in [3.63, 3.8) is 0 Å². The van der Waals surface area contributed by atoms with Gasteiger partial charge in [-0.15, -0.1) is 0 Å². The lowest BCUT2D eigenvalue weighted by Gasteiger charge is -2.09. The van der Waals surface area contributed by atoms with E-state index in [1.165, 1.54) is 6.08 Å². The van der Waals surface area contributed by atoms with Gasteiger partial charge in [0.1, 0.15) is 11.5 Å². The Balaban J connectivity index is 1.89. The molecule has 0 saturated heterocycles. The van der Waals surface area contributed by atoms with Gasteiger partial charge in [-0.3, -0.25) is 9.59 Å². The molecule has 0 fully saturated rings. The van der Waals surface area contributed by atoms with Crippen molar-refractivity contribution in [1.82, 2.24) is 5.32 Å². The first-order chi connectivity index (χ1) is 11.0. The Labute approximate surface area is 134 Å². The van der Waals surface area contributed by atoms with Crippen molar-refractivity contribution < 1.29 is 18.7 Å². The van der Waals surface area contributed by atoms with Crippen LogP contribution in [0.2, 0.25) is 0 Å². The van der Waals surface area contributed by atoms with Crippen LogP contribution >= 0.6 is 0 Å². The molecule has 23 heavy (non-hydrogen) atoms. The molecule has 0 bridgehead atoms. The Morgan fingerprint density at radius 3 is 2.57 bits per heavy atom. The number of ether oxygens (including phenoxy) is 1. The number of rotatable bonds is 7. The van der Waals surface area contributed by atoms with E-state index in [0.717, 1.165) is 0 Å². The maximum atomic E-state index is 12.0. The minimum absolute atomic E-state index is 0.0517. The summed E-state index contributed by atoms with van der Waals surface area (Å²) in [5.74, 6) is 0.844. The van der Waals surface area contributed by atoms with Gasteiger partial charge in [0.2, 0.25) is 0 Å². The zero-order valence-corrected chi connectivity index (χ0v) is 13.1. The minimum atomic E-state index is -0.179. The van der Waals surface area contributed by atoms with Crippen LogP contribution in [0.1, 0.15) is 30.0 Å². The third kappa shape index (κ3) is 5.47. The molecular formula is C18H19NO4. The summed E-state index contributed by atoms with van der Waals surface area (Å²) in [5.41, 5.74) is 0.534. The molecule has 0 aliphatic carbocycles. The molecule has 0 spiro atoms. The number of hydrogen-bond donors (Lipinski definition) is 1. The molecule has 2 aromatic rings. The Hall–Kier alpha value is -2.82. The third-order valence-corrected chi connectivity index (χ3v) is 2.90. The van der Waals surface area contributed by atoms with E-state index in [1.54, 1.807) is 48.7 Å². The molecule has 1 aromatic carbocycles. The van der Waals surface area contributed by atoms with Crippen LogP contribution in [0.4, 0.5) is 0 Å². The lowest BCUT2D eigenvalue weighted by Crippen LogP contribution is -2.34. The van der Waals surface area contributed by atoms with Gasteiger partial charge >= 0.3 is 0 Å². The van der Waals surface area contributed by atoms with Crippen LogP contribution in [0.3, 0.4) is 0 Å². The molecule has 0 unspecified atom stereocenters. The molecule has 1 aromatic heterocycles. The SMILES string of the molecule is CC(C)NC(=O)COc1ccc(C(=O)/C=C/c2ccco2)cc1. The van der Waals surface area contributed by atoms with E-state index in [4.69, 9.17) is 9.15 Å². The highest BCUT2D eigenvalue weighted by molar-refractivity contribution is 6.06. The van der Waals surface area contributed by atoms with Crippen molar-refractivity contribution in [3.05, 3.63) is 60.1 Å². The highest BCUT2D eigenvalue weighted by Crippen LogP contribution is 2.13. The standard InChI is InChI=1S/C18H19NO4/c1-13(2)19-18(21)12-23-16-7-5-14(6-8-16)17(20)10-9-15-4-3-11-22-15/h3-11,13H,12H2,1-2H3,(H,19,21)/b10-9+. The molecule has 1 N–H and O–H groups in total. The molecule has 0 aliphatic heterocycles. The largest absolute Gasteiger partial charge is 0.484 e. The summed E-state index contributed by atoms with van der Waals surface area (Å²) in [6.07, 6.45) is 4.61. The maximum Gasteiger partial charge on any atom is 0.258 e. The van der Waals surface area contributed by atoms with E-state index < -0.39 is 0 Å². The summed E-state index contributed by atoms with van der Waals surface area (Å²) in [4.78, 5) is 23.5. The van der Waals surface area contributed by atoms with Crippen molar-refractivity contribution >= 4 is 17.8 Å². The second-order valence-electron chi connectivity index (χ2n) is 5.25. The predicted octanol–water partition coefficient (Wildman–Crippen LogP) is 3.08. The highest BCUT2D eigenvalue weighted by atomic mass is 16.5. The minimum Gasteiger partial charge on any atom is -0.484 e. The zero-order chi connectivity index (χ0) is 16.7. The first-order valence-corrected chi connectivity index (χ1v) is 7.33. The van der Waals surface area contributed by atoms with Crippen LogP contribution in [0.15, 0.2) is 53.2 Å². The molecule has 0 atom stereocenters. The van der Waals surface area contributed by atoms with Gasteiger partial charge in [0.05, 0.1) is 6.26 Å². The van der Waals surface area contributed by atoms with Crippen LogP contribution in [0, 0.1) is 0 Å². The van der Waals surface area contributed by atoms with Crippen molar-refractivity contribution in [2.45, 2.75) is 19.9 Å². The molecule has 5 heteroatoms. The Kier molecular flexibility index (Phi) is 5.74. The molecular weight excluding hydrogens is 294 g/mol. The average Bonchev–Trinajstić information content (AvgIpc) is 3.04. The smallest absolute Gasteiger partial charge is 0.258 e. The molecule has 0 aliphatic rings. The van der Waals surface area contributed by atoms with Crippen molar-refractivity contribution in [3.8, 4) is 5.75 Å². The van der Waals surface area contributed by atoms with Gasteiger partial charge in [-0.25, -0.2) is 0 Å². The maximum absolute atomic E-state index is 12.0. The molecule has 2 rings (SSSR count). The molecule has 120 valence electrons. The molecule has 1 amide bonds. The van der Waals surface area contributed by atoms with Crippen LogP contribution in [-0.2, 0) is 4.79 Å². The fourth-order valence-corrected chi connectivity index (χ4v) is 1.87. The van der Waals surface area contributed by atoms with Gasteiger partial charge in [0.15, 0.2) is 12.4 Å². The Morgan fingerprint density at radius 2 is 1.96 bits per heavy atom. The number of amides is 1. The van der Waals surface area contributed by atoms with E-state index in [1.807, 2.05) is 13.8 Å². The number of allylic oxidation sites excluding steroid dienone is 1. The lowest BCUT2D eigenvalue weighted by atomic mass is 10.1. The number of benzene rings is 1. The topological polar surface area (TPSA) is 68.5 Å². The van der Waals surface area contributed by atoms with Crippen molar-refractivity contribution in [2.24, 2.45) is 0 Å². The number of ketones is 1. The van der Waals surface area contributed by atoms with Crippen molar-refractivity contribution in [1.29, 1.82) is 0 Å². The number of carbonyl (C=O) groups is 2. The predicted molar refractivity (Wildman–Crippen MR) is 87.3 cm³/mol. The number of furan rings is 1. The fraction of sp³-hybridized carbons (Fsp3) is 0.222. The van der Waals surface area contributed by atoms with E-state index in [0.29, 0.717) is 17.1 Å². The van der Waals surface area contributed by atoms with E-state index in [9.17, 15) is 9.59 Å². The van der Waals surface area contributed by atoms with Crippen LogP contribution in [0.5, 0.6) is 5.75 Å². The Bertz CT molecular complexity index is 670. The lowest BCUT2D eigenvalue weighted by molar-refractivity contribution is -0.123. The van der Waals surface area contributed by atoms with Crippen molar-refractivity contribution in [2.75, 3.05) is 6.61 Å². The normalized spacial score (nSPS) is 10.9. The monoisotopic (exact) mass is 313 g/mol.